The zero-order chi connectivity index (χ0) is 12.2. The molecule has 16 heavy (non-hydrogen) atoms. The first-order valence-corrected chi connectivity index (χ1v) is 6.27. The van der Waals surface area contributed by atoms with Gasteiger partial charge in [0.1, 0.15) is 0 Å². The number of benzene rings is 1. The molecular weight excluding hydrogens is 196 g/mol. The number of piperidine rings is 1. The summed E-state index contributed by atoms with van der Waals surface area (Å²) in [4.78, 5) is 0. The molecule has 1 aromatic carbocycles. The van der Waals surface area contributed by atoms with Crippen LogP contribution >= 0.6 is 0 Å². The van der Waals surface area contributed by atoms with Gasteiger partial charge in [-0.15, -0.1) is 0 Å². The highest BCUT2D eigenvalue weighted by Gasteiger charge is 2.05. The third-order valence-electron chi connectivity index (χ3n) is 2.32. The molecule has 3 N–H and O–H groups in total. The largest absolute Gasteiger partial charge is 0.328 e. The molecule has 0 unspecified atom stereocenters. The van der Waals surface area contributed by atoms with Crippen LogP contribution < -0.4 is 11.1 Å². The highest BCUT2D eigenvalue weighted by atomic mass is 14.9. The molecule has 1 aromatic rings. The van der Waals surface area contributed by atoms with Crippen LogP contribution in [-0.2, 0) is 0 Å². The molecule has 1 heterocycles. The van der Waals surface area contributed by atoms with E-state index in [-0.39, 0.29) is 0 Å². The number of rotatable bonds is 0. The minimum atomic E-state index is 0.473. The average molecular weight is 222 g/mol. The number of aryl methyl sites for hydroxylation is 1. The van der Waals surface area contributed by atoms with Gasteiger partial charge < -0.3 is 11.1 Å². The fourth-order valence-corrected chi connectivity index (χ4v) is 1.38. The lowest BCUT2D eigenvalue weighted by Gasteiger charge is -2.17. The minimum Gasteiger partial charge on any atom is -0.328 e. The first-order valence-electron chi connectivity index (χ1n) is 6.27. The molecule has 1 fully saturated rings. The zero-order valence-corrected chi connectivity index (χ0v) is 10.9. The van der Waals surface area contributed by atoms with Crippen molar-refractivity contribution < 1.29 is 0 Å². The lowest BCUT2D eigenvalue weighted by molar-refractivity contribution is 0.458. The van der Waals surface area contributed by atoms with Crippen molar-refractivity contribution >= 4 is 0 Å². The Morgan fingerprint density at radius 3 is 1.81 bits per heavy atom. The van der Waals surface area contributed by atoms with Crippen LogP contribution in [0.15, 0.2) is 30.3 Å². The Morgan fingerprint density at radius 1 is 1.06 bits per heavy atom. The Bertz CT molecular complexity index is 228. The molecule has 1 aliphatic rings. The SMILES string of the molecule is CC.Cc1ccccc1.NC1CCNCC1. The van der Waals surface area contributed by atoms with Gasteiger partial charge in [0.2, 0.25) is 0 Å². The van der Waals surface area contributed by atoms with Crippen LogP contribution in [0.3, 0.4) is 0 Å². The maximum Gasteiger partial charge on any atom is 0.00629 e. The van der Waals surface area contributed by atoms with Crippen LogP contribution in [0.2, 0.25) is 0 Å². The molecule has 92 valence electrons. The van der Waals surface area contributed by atoms with Crippen molar-refractivity contribution in [2.75, 3.05) is 13.1 Å². The molecule has 0 saturated carbocycles. The van der Waals surface area contributed by atoms with E-state index in [9.17, 15) is 0 Å². The van der Waals surface area contributed by atoms with Crippen molar-refractivity contribution in [2.24, 2.45) is 5.73 Å². The topological polar surface area (TPSA) is 38.0 Å². The van der Waals surface area contributed by atoms with E-state index in [2.05, 4.69) is 24.4 Å². The second-order valence-corrected chi connectivity index (χ2v) is 3.74. The molecule has 0 bridgehead atoms. The smallest absolute Gasteiger partial charge is 0.00629 e. The van der Waals surface area contributed by atoms with E-state index in [1.807, 2.05) is 32.0 Å². The van der Waals surface area contributed by atoms with Crippen molar-refractivity contribution in [1.82, 2.24) is 5.32 Å². The highest BCUT2D eigenvalue weighted by molar-refractivity contribution is 5.11. The first kappa shape index (κ1) is 15.1. The van der Waals surface area contributed by atoms with E-state index in [4.69, 9.17) is 5.73 Å². The summed E-state index contributed by atoms with van der Waals surface area (Å²) in [6.07, 6.45) is 2.31. The van der Waals surface area contributed by atoms with Gasteiger partial charge in [0.05, 0.1) is 0 Å². The molecule has 2 nitrogen and oxygen atoms in total. The van der Waals surface area contributed by atoms with Crippen LogP contribution in [0.5, 0.6) is 0 Å². The highest BCUT2D eigenvalue weighted by Crippen LogP contribution is 1.96. The quantitative estimate of drug-likeness (QED) is 0.708. The van der Waals surface area contributed by atoms with E-state index < -0.39 is 0 Å². The van der Waals surface area contributed by atoms with Crippen LogP contribution in [0.4, 0.5) is 0 Å². The van der Waals surface area contributed by atoms with Gasteiger partial charge in [-0.25, -0.2) is 0 Å². The molecule has 2 rings (SSSR count). The fraction of sp³-hybridized carbons (Fsp3) is 0.571. The average Bonchev–Trinajstić information content (AvgIpc) is 2.34. The minimum absolute atomic E-state index is 0.473. The number of hydrogen-bond acceptors (Lipinski definition) is 2. The van der Waals surface area contributed by atoms with Gasteiger partial charge >= 0.3 is 0 Å². The molecule has 1 aliphatic heterocycles. The summed E-state index contributed by atoms with van der Waals surface area (Å²) in [5.74, 6) is 0. The number of hydrogen-bond donors (Lipinski definition) is 2. The summed E-state index contributed by atoms with van der Waals surface area (Å²) < 4.78 is 0. The summed E-state index contributed by atoms with van der Waals surface area (Å²) >= 11 is 0. The van der Waals surface area contributed by atoms with Crippen molar-refractivity contribution in [3.05, 3.63) is 35.9 Å². The fourth-order valence-electron chi connectivity index (χ4n) is 1.38. The third kappa shape index (κ3) is 8.45. The predicted octanol–water partition coefficient (Wildman–Crippen LogP) is 2.72. The number of nitrogens with two attached hydrogens (primary N) is 1. The summed E-state index contributed by atoms with van der Waals surface area (Å²) in [6.45, 7) is 8.31. The Hall–Kier alpha value is -0.860. The first-order chi connectivity index (χ1) is 7.79. The van der Waals surface area contributed by atoms with E-state index in [0.717, 1.165) is 25.9 Å². The molecule has 0 amide bonds. The van der Waals surface area contributed by atoms with Crippen molar-refractivity contribution in [3.8, 4) is 0 Å². The predicted molar refractivity (Wildman–Crippen MR) is 72.6 cm³/mol. The molecule has 0 spiro atoms. The maximum atomic E-state index is 5.59. The molecule has 0 atom stereocenters. The van der Waals surface area contributed by atoms with E-state index in [1.165, 1.54) is 5.56 Å². The van der Waals surface area contributed by atoms with Gasteiger partial charge in [-0.2, -0.15) is 0 Å². The molecule has 1 saturated heterocycles. The Morgan fingerprint density at radius 2 is 1.56 bits per heavy atom. The van der Waals surface area contributed by atoms with E-state index >= 15 is 0 Å². The third-order valence-corrected chi connectivity index (χ3v) is 2.32. The van der Waals surface area contributed by atoms with Crippen LogP contribution in [0.1, 0.15) is 32.3 Å². The van der Waals surface area contributed by atoms with Crippen LogP contribution in [0.25, 0.3) is 0 Å². The Labute approximate surface area is 100 Å². The van der Waals surface area contributed by atoms with E-state index in [1.54, 1.807) is 0 Å². The normalized spacial score (nSPS) is 15.2. The number of nitrogens with one attached hydrogen (secondary N) is 1. The zero-order valence-electron chi connectivity index (χ0n) is 10.9. The standard InChI is InChI=1S/C7H8.C5H12N2.C2H6/c1-7-5-3-2-4-6-7;6-5-1-3-7-4-2-5;1-2/h2-6H,1H3;5,7H,1-4,6H2;1-2H3. The lowest BCUT2D eigenvalue weighted by atomic mass is 10.1. The summed E-state index contributed by atoms with van der Waals surface area (Å²) in [7, 11) is 0. The Kier molecular flexibility index (Phi) is 10.1. The van der Waals surface area contributed by atoms with Crippen LogP contribution in [0, 0.1) is 6.92 Å². The van der Waals surface area contributed by atoms with Gasteiger partial charge in [-0.05, 0) is 32.9 Å². The van der Waals surface area contributed by atoms with Gasteiger partial charge in [-0.1, -0.05) is 49.7 Å². The maximum absolute atomic E-state index is 5.59. The van der Waals surface area contributed by atoms with Crippen LogP contribution in [-0.4, -0.2) is 19.1 Å². The molecule has 0 radical (unpaired) electrons. The molecule has 0 aromatic heterocycles. The molecular formula is C14H26N2. The monoisotopic (exact) mass is 222 g/mol. The van der Waals surface area contributed by atoms with Gasteiger partial charge in [-0.3, -0.25) is 0 Å². The molecule has 2 heteroatoms. The van der Waals surface area contributed by atoms with Gasteiger partial charge in [0, 0.05) is 6.04 Å². The summed E-state index contributed by atoms with van der Waals surface area (Å²) in [5.41, 5.74) is 6.92. The van der Waals surface area contributed by atoms with Crippen molar-refractivity contribution in [2.45, 2.75) is 39.7 Å². The van der Waals surface area contributed by atoms with Crippen molar-refractivity contribution in [1.29, 1.82) is 0 Å². The van der Waals surface area contributed by atoms with E-state index in [0.29, 0.717) is 6.04 Å². The van der Waals surface area contributed by atoms with Gasteiger partial charge in [0.25, 0.3) is 0 Å². The summed E-state index contributed by atoms with van der Waals surface area (Å²) in [6, 6.07) is 10.7. The Balaban J connectivity index is 0.000000244. The second-order valence-electron chi connectivity index (χ2n) is 3.74. The molecule has 0 aliphatic carbocycles. The van der Waals surface area contributed by atoms with Gasteiger partial charge in [0.15, 0.2) is 0 Å². The second kappa shape index (κ2) is 10.7. The van der Waals surface area contributed by atoms with Crippen molar-refractivity contribution in [3.63, 3.8) is 0 Å². The summed E-state index contributed by atoms with van der Waals surface area (Å²) in [5, 5.41) is 3.24. The lowest BCUT2D eigenvalue weighted by Crippen LogP contribution is -2.35.